The van der Waals surface area contributed by atoms with Gasteiger partial charge in [-0.05, 0) is 17.7 Å². The zero-order valence-corrected chi connectivity index (χ0v) is 10.3. The Hall–Kier alpha value is -2.09. The van der Waals surface area contributed by atoms with E-state index in [1.165, 1.54) is 0 Å². The molecule has 0 saturated carbocycles. The first kappa shape index (κ1) is 16.0. The molecule has 0 aliphatic carbocycles. The molecule has 0 aliphatic rings. The third-order valence-corrected chi connectivity index (χ3v) is 2.52. The minimum absolute atomic E-state index is 0.0425. The minimum atomic E-state index is -4.52. The highest BCUT2D eigenvalue weighted by atomic mass is 19.4. The van der Waals surface area contributed by atoms with Crippen LogP contribution in [0, 0.1) is 0 Å². The largest absolute Gasteiger partial charge is 0.480 e. The van der Waals surface area contributed by atoms with Crippen LogP contribution in [0.1, 0.15) is 24.2 Å². The third-order valence-electron chi connectivity index (χ3n) is 2.52. The highest BCUT2D eigenvalue weighted by Gasteiger charge is 2.32. The molecule has 1 aromatic carbocycles. The summed E-state index contributed by atoms with van der Waals surface area (Å²) >= 11 is 0. The Morgan fingerprint density at radius 1 is 1.20 bits per heavy atom. The Morgan fingerprint density at radius 2 is 1.70 bits per heavy atom. The Morgan fingerprint density at radius 3 is 2.05 bits per heavy atom. The second kappa shape index (κ2) is 5.91. The smallest absolute Gasteiger partial charge is 0.416 e. The van der Waals surface area contributed by atoms with Gasteiger partial charge in [0.2, 0.25) is 5.91 Å². The van der Waals surface area contributed by atoms with Crippen LogP contribution in [-0.4, -0.2) is 28.1 Å². The number of hydrogen-bond acceptors (Lipinski definition) is 3. The van der Waals surface area contributed by atoms with Crippen LogP contribution in [-0.2, 0) is 15.8 Å². The van der Waals surface area contributed by atoms with Crippen LogP contribution in [0.25, 0.3) is 0 Å². The third kappa shape index (κ3) is 3.95. The van der Waals surface area contributed by atoms with E-state index in [-0.39, 0.29) is 5.56 Å². The number of amides is 1. The Labute approximate surface area is 112 Å². The molecule has 3 N–H and O–H groups in total. The maximum atomic E-state index is 12.4. The normalized spacial score (nSPS) is 14.4. The highest BCUT2D eigenvalue weighted by Crippen LogP contribution is 2.30. The van der Waals surface area contributed by atoms with E-state index >= 15 is 0 Å². The van der Waals surface area contributed by atoms with Crippen molar-refractivity contribution < 1.29 is 33.0 Å². The topological polar surface area (TPSA) is 86.6 Å². The van der Waals surface area contributed by atoms with Gasteiger partial charge >= 0.3 is 12.1 Å². The number of benzene rings is 1. The zero-order valence-electron chi connectivity index (χ0n) is 10.3. The molecule has 8 heteroatoms. The summed E-state index contributed by atoms with van der Waals surface area (Å²) in [5.74, 6) is -2.17. The first-order valence-corrected chi connectivity index (χ1v) is 5.48. The van der Waals surface area contributed by atoms with Crippen molar-refractivity contribution in [2.75, 3.05) is 0 Å². The molecule has 20 heavy (non-hydrogen) atoms. The Balaban J connectivity index is 2.98. The molecule has 0 fully saturated rings. The molecular formula is C12H12F3NO4. The number of carboxylic acids is 1. The molecule has 0 spiro atoms. The molecule has 0 aromatic heterocycles. The van der Waals surface area contributed by atoms with E-state index in [0.717, 1.165) is 31.2 Å². The SMILES string of the molecule is CC(=O)N[C@H](C(=O)O)[C@@H](O)c1ccc(C(F)(F)F)cc1. The average Bonchev–Trinajstić information content (AvgIpc) is 2.33. The van der Waals surface area contributed by atoms with E-state index in [4.69, 9.17) is 5.11 Å². The Kier molecular flexibility index (Phi) is 4.72. The summed E-state index contributed by atoms with van der Waals surface area (Å²) in [7, 11) is 0. The Bertz CT molecular complexity index is 498. The number of rotatable bonds is 4. The van der Waals surface area contributed by atoms with Crippen LogP contribution < -0.4 is 5.32 Å². The monoisotopic (exact) mass is 291 g/mol. The van der Waals surface area contributed by atoms with Crippen LogP contribution in [0.3, 0.4) is 0 Å². The number of carbonyl (C=O) groups is 2. The van der Waals surface area contributed by atoms with Gasteiger partial charge < -0.3 is 15.5 Å². The molecule has 1 rings (SSSR count). The van der Waals surface area contributed by atoms with Crippen LogP contribution in [0.5, 0.6) is 0 Å². The standard InChI is InChI=1S/C12H12F3NO4/c1-6(17)16-9(11(19)20)10(18)7-2-4-8(5-3-7)12(13,14)15/h2-5,9-10,18H,1H3,(H,16,17)(H,19,20)/t9-,10-/m0/s1. The first-order chi connectivity index (χ1) is 9.12. The number of aliphatic hydroxyl groups excluding tert-OH is 1. The molecule has 2 atom stereocenters. The van der Waals surface area contributed by atoms with Crippen LogP contribution in [0.4, 0.5) is 13.2 Å². The summed E-state index contributed by atoms with van der Waals surface area (Å²) in [6, 6.07) is 1.75. The fraction of sp³-hybridized carbons (Fsp3) is 0.333. The summed E-state index contributed by atoms with van der Waals surface area (Å²) in [5, 5.41) is 20.7. The van der Waals surface area contributed by atoms with Gasteiger partial charge in [-0.2, -0.15) is 13.2 Å². The minimum Gasteiger partial charge on any atom is -0.480 e. The molecule has 0 saturated heterocycles. The lowest BCUT2D eigenvalue weighted by Gasteiger charge is -2.20. The van der Waals surface area contributed by atoms with Crippen LogP contribution in [0.15, 0.2) is 24.3 Å². The molecule has 0 bridgehead atoms. The highest BCUT2D eigenvalue weighted by molar-refractivity contribution is 5.82. The van der Waals surface area contributed by atoms with Crippen molar-refractivity contribution in [2.45, 2.75) is 25.2 Å². The predicted molar refractivity (Wildman–Crippen MR) is 61.6 cm³/mol. The fourth-order valence-corrected chi connectivity index (χ4v) is 1.56. The van der Waals surface area contributed by atoms with E-state index in [0.29, 0.717) is 0 Å². The molecule has 5 nitrogen and oxygen atoms in total. The number of aliphatic carboxylic acids is 1. The van der Waals surface area contributed by atoms with Gasteiger partial charge in [0, 0.05) is 6.92 Å². The predicted octanol–water partition coefficient (Wildman–Crippen LogP) is 1.33. The maximum absolute atomic E-state index is 12.4. The van der Waals surface area contributed by atoms with Gasteiger partial charge in [0.1, 0.15) is 6.10 Å². The van der Waals surface area contributed by atoms with Gasteiger partial charge in [0.05, 0.1) is 5.56 Å². The van der Waals surface area contributed by atoms with Crippen molar-refractivity contribution in [2.24, 2.45) is 0 Å². The summed E-state index contributed by atoms with van der Waals surface area (Å²) in [6.07, 6.45) is -6.17. The second-order valence-electron chi connectivity index (χ2n) is 4.08. The molecule has 0 unspecified atom stereocenters. The van der Waals surface area contributed by atoms with Crippen molar-refractivity contribution in [1.29, 1.82) is 0 Å². The van der Waals surface area contributed by atoms with Gasteiger partial charge in [-0.1, -0.05) is 12.1 Å². The van der Waals surface area contributed by atoms with Gasteiger partial charge in [0.15, 0.2) is 6.04 Å². The molecule has 0 heterocycles. The lowest BCUT2D eigenvalue weighted by atomic mass is 10.0. The fourth-order valence-electron chi connectivity index (χ4n) is 1.56. The van der Waals surface area contributed by atoms with Gasteiger partial charge in [0.25, 0.3) is 0 Å². The number of aliphatic hydroxyl groups is 1. The number of hydrogen-bond donors (Lipinski definition) is 3. The first-order valence-electron chi connectivity index (χ1n) is 5.48. The zero-order chi connectivity index (χ0) is 15.5. The van der Waals surface area contributed by atoms with Gasteiger partial charge in [-0.25, -0.2) is 4.79 Å². The summed E-state index contributed by atoms with van der Waals surface area (Å²) < 4.78 is 37.1. The summed E-state index contributed by atoms with van der Waals surface area (Å²) in [5.41, 5.74) is -0.959. The number of alkyl halides is 3. The molecule has 1 aromatic rings. The van der Waals surface area contributed by atoms with E-state index in [1.807, 2.05) is 5.32 Å². The van der Waals surface area contributed by atoms with Crippen molar-refractivity contribution >= 4 is 11.9 Å². The van der Waals surface area contributed by atoms with E-state index in [2.05, 4.69) is 0 Å². The van der Waals surface area contributed by atoms with E-state index in [1.54, 1.807) is 0 Å². The van der Waals surface area contributed by atoms with Crippen molar-refractivity contribution in [3.05, 3.63) is 35.4 Å². The number of carbonyl (C=O) groups excluding carboxylic acids is 1. The van der Waals surface area contributed by atoms with Gasteiger partial charge in [-0.3, -0.25) is 4.79 Å². The number of nitrogens with one attached hydrogen (secondary N) is 1. The van der Waals surface area contributed by atoms with Crippen molar-refractivity contribution in [1.82, 2.24) is 5.32 Å². The lowest BCUT2D eigenvalue weighted by molar-refractivity contribution is -0.145. The summed E-state index contributed by atoms with van der Waals surface area (Å²) in [4.78, 5) is 21.8. The summed E-state index contributed by atoms with van der Waals surface area (Å²) in [6.45, 7) is 1.06. The second-order valence-corrected chi connectivity index (χ2v) is 4.08. The van der Waals surface area contributed by atoms with E-state index < -0.39 is 35.8 Å². The quantitative estimate of drug-likeness (QED) is 0.781. The molecular weight excluding hydrogens is 279 g/mol. The number of carboxylic acid groups (broad SMARTS) is 1. The maximum Gasteiger partial charge on any atom is 0.416 e. The van der Waals surface area contributed by atoms with Gasteiger partial charge in [-0.15, -0.1) is 0 Å². The van der Waals surface area contributed by atoms with Crippen molar-refractivity contribution in [3.8, 4) is 0 Å². The number of halogens is 3. The molecule has 110 valence electrons. The van der Waals surface area contributed by atoms with Crippen LogP contribution >= 0.6 is 0 Å². The lowest BCUT2D eigenvalue weighted by Crippen LogP contribution is -2.44. The van der Waals surface area contributed by atoms with E-state index in [9.17, 15) is 27.9 Å². The van der Waals surface area contributed by atoms with Crippen molar-refractivity contribution in [3.63, 3.8) is 0 Å². The molecule has 0 radical (unpaired) electrons. The van der Waals surface area contributed by atoms with Crippen LogP contribution in [0.2, 0.25) is 0 Å². The molecule has 1 amide bonds. The average molecular weight is 291 g/mol. The molecule has 0 aliphatic heterocycles.